The molecule has 10 heteroatoms. The lowest BCUT2D eigenvalue weighted by Gasteiger charge is -2.31. The molecule has 31 heavy (non-hydrogen) atoms. The van der Waals surface area contributed by atoms with Crippen molar-refractivity contribution in [3.05, 3.63) is 48.5 Å². The number of pyridine rings is 1. The van der Waals surface area contributed by atoms with Crippen LogP contribution >= 0.6 is 0 Å². The molecule has 5 rings (SSSR count). The average Bonchev–Trinajstić information content (AvgIpc) is 3.39. The summed E-state index contributed by atoms with van der Waals surface area (Å²) < 4.78 is 7.09. The molecule has 1 aliphatic rings. The van der Waals surface area contributed by atoms with E-state index in [-0.39, 0.29) is 18.1 Å². The van der Waals surface area contributed by atoms with E-state index >= 15 is 0 Å². The highest BCUT2D eigenvalue weighted by atomic mass is 16.5. The largest absolute Gasteiger partial charge is 0.464 e. The maximum absolute atomic E-state index is 12.6. The van der Waals surface area contributed by atoms with Crippen LogP contribution in [-0.2, 0) is 0 Å². The zero-order valence-corrected chi connectivity index (χ0v) is 16.8. The van der Waals surface area contributed by atoms with E-state index in [0.717, 1.165) is 16.6 Å². The number of aliphatic hydroxyl groups is 1. The fraction of sp³-hybridized carbons (Fsp3) is 0.286. The Labute approximate surface area is 177 Å². The first-order valence-corrected chi connectivity index (χ1v) is 10.1. The lowest BCUT2D eigenvalue weighted by Crippen LogP contribution is -2.31. The summed E-state index contributed by atoms with van der Waals surface area (Å²) in [6, 6.07) is 5.97. The van der Waals surface area contributed by atoms with Crippen molar-refractivity contribution in [1.29, 1.82) is 0 Å². The highest BCUT2D eigenvalue weighted by Gasteiger charge is 2.29. The van der Waals surface area contributed by atoms with Gasteiger partial charge in [0.05, 0.1) is 47.4 Å². The number of H-pyrrole nitrogens is 1. The summed E-state index contributed by atoms with van der Waals surface area (Å²) in [6.45, 7) is 2.37. The van der Waals surface area contributed by atoms with Gasteiger partial charge in [0, 0.05) is 30.0 Å². The Morgan fingerprint density at radius 2 is 2.19 bits per heavy atom. The first kappa shape index (κ1) is 19.2. The Bertz CT molecular complexity index is 1240. The summed E-state index contributed by atoms with van der Waals surface area (Å²) in [7, 11) is 0. The standard InChI is InChI=1S/C21H21N7O3/c1-2-31-21-22-4-3-16(26-21)18-5-12-9-23-19(8-17(12)25-18)27-20(30)13-10-24-28(11-13)14-6-15(29)7-14/h3-5,8-11,14-15,25,29H,2,6-7H2,1H3,(H,23,27,30)/t14-,15-. The smallest absolute Gasteiger partial charge is 0.316 e. The molecule has 1 aliphatic carbocycles. The second kappa shape index (κ2) is 7.80. The zero-order chi connectivity index (χ0) is 21.4. The number of ether oxygens (including phenoxy) is 1. The van der Waals surface area contributed by atoms with E-state index in [2.05, 4.69) is 30.4 Å². The van der Waals surface area contributed by atoms with Crippen molar-refractivity contribution in [2.45, 2.75) is 31.9 Å². The summed E-state index contributed by atoms with van der Waals surface area (Å²) in [5.41, 5.74) is 2.76. The minimum absolute atomic E-state index is 0.147. The van der Waals surface area contributed by atoms with Crippen LogP contribution in [0.4, 0.5) is 5.82 Å². The van der Waals surface area contributed by atoms with Gasteiger partial charge in [-0.25, -0.2) is 9.97 Å². The van der Waals surface area contributed by atoms with E-state index in [1.54, 1.807) is 35.4 Å². The van der Waals surface area contributed by atoms with Crippen molar-refractivity contribution in [2.24, 2.45) is 0 Å². The van der Waals surface area contributed by atoms with Gasteiger partial charge in [0.25, 0.3) is 5.91 Å². The molecule has 1 amide bonds. The van der Waals surface area contributed by atoms with Crippen LogP contribution in [0.1, 0.15) is 36.2 Å². The number of amides is 1. The molecule has 4 aromatic heterocycles. The molecule has 0 unspecified atom stereocenters. The highest BCUT2D eigenvalue weighted by molar-refractivity contribution is 6.04. The van der Waals surface area contributed by atoms with Crippen molar-refractivity contribution >= 4 is 22.6 Å². The highest BCUT2D eigenvalue weighted by Crippen LogP contribution is 2.31. The van der Waals surface area contributed by atoms with E-state index in [1.165, 1.54) is 6.20 Å². The minimum atomic E-state index is -0.290. The van der Waals surface area contributed by atoms with Gasteiger partial charge >= 0.3 is 6.01 Å². The van der Waals surface area contributed by atoms with Crippen LogP contribution in [0.5, 0.6) is 6.01 Å². The molecule has 1 saturated carbocycles. The Kier molecular flexibility index (Phi) is 4.83. The fourth-order valence-corrected chi connectivity index (χ4v) is 3.54. The predicted molar refractivity (Wildman–Crippen MR) is 113 cm³/mol. The topological polar surface area (TPSA) is 131 Å². The molecule has 10 nitrogen and oxygen atoms in total. The third-order valence-electron chi connectivity index (χ3n) is 5.25. The molecule has 0 atom stereocenters. The molecule has 0 aromatic carbocycles. The molecule has 158 valence electrons. The van der Waals surface area contributed by atoms with Crippen molar-refractivity contribution in [3.63, 3.8) is 0 Å². The summed E-state index contributed by atoms with van der Waals surface area (Å²) in [5, 5.41) is 17.4. The number of carbonyl (C=O) groups is 1. The van der Waals surface area contributed by atoms with Crippen LogP contribution in [0.25, 0.3) is 22.3 Å². The third-order valence-corrected chi connectivity index (χ3v) is 5.25. The van der Waals surface area contributed by atoms with Crippen LogP contribution in [0.15, 0.2) is 43.0 Å². The summed E-state index contributed by atoms with van der Waals surface area (Å²) in [5.74, 6) is 0.136. The number of nitrogens with one attached hydrogen (secondary N) is 2. The maximum Gasteiger partial charge on any atom is 0.316 e. The van der Waals surface area contributed by atoms with E-state index in [0.29, 0.717) is 42.5 Å². The van der Waals surface area contributed by atoms with E-state index in [4.69, 9.17) is 4.74 Å². The van der Waals surface area contributed by atoms with Gasteiger partial charge in [-0.1, -0.05) is 0 Å². The molecule has 0 radical (unpaired) electrons. The van der Waals surface area contributed by atoms with Gasteiger partial charge in [-0.05, 0) is 31.9 Å². The minimum Gasteiger partial charge on any atom is -0.464 e. The lowest BCUT2D eigenvalue weighted by atomic mass is 9.90. The van der Waals surface area contributed by atoms with Crippen molar-refractivity contribution in [2.75, 3.05) is 11.9 Å². The first-order chi connectivity index (χ1) is 15.1. The molecule has 4 aromatic rings. The van der Waals surface area contributed by atoms with Gasteiger partial charge in [0.15, 0.2) is 0 Å². The molecular formula is C21H21N7O3. The second-order valence-corrected chi connectivity index (χ2v) is 7.44. The molecule has 0 aliphatic heterocycles. The Morgan fingerprint density at radius 3 is 3.00 bits per heavy atom. The van der Waals surface area contributed by atoms with Crippen LogP contribution in [-0.4, -0.2) is 53.4 Å². The number of nitrogens with zero attached hydrogens (tertiary/aromatic N) is 5. The fourth-order valence-electron chi connectivity index (χ4n) is 3.54. The van der Waals surface area contributed by atoms with Gasteiger partial charge in [-0.2, -0.15) is 10.1 Å². The molecule has 0 spiro atoms. The zero-order valence-electron chi connectivity index (χ0n) is 16.8. The second-order valence-electron chi connectivity index (χ2n) is 7.44. The quantitative estimate of drug-likeness (QED) is 0.438. The number of hydrogen-bond donors (Lipinski definition) is 3. The van der Waals surface area contributed by atoms with Crippen LogP contribution < -0.4 is 10.1 Å². The van der Waals surface area contributed by atoms with Crippen LogP contribution in [0, 0.1) is 0 Å². The van der Waals surface area contributed by atoms with E-state index < -0.39 is 0 Å². The summed E-state index contributed by atoms with van der Waals surface area (Å²) in [6.07, 6.45) is 7.60. The Balaban J connectivity index is 1.33. The number of fused-ring (bicyclic) bond motifs is 1. The normalized spacial score (nSPS) is 18.0. The predicted octanol–water partition coefficient (Wildman–Crippen LogP) is 2.56. The molecule has 1 fully saturated rings. The molecule has 4 heterocycles. The van der Waals surface area contributed by atoms with Crippen molar-refractivity contribution < 1.29 is 14.6 Å². The monoisotopic (exact) mass is 419 g/mol. The summed E-state index contributed by atoms with van der Waals surface area (Å²) >= 11 is 0. The van der Waals surface area contributed by atoms with Crippen LogP contribution in [0.2, 0.25) is 0 Å². The number of hydrogen-bond acceptors (Lipinski definition) is 7. The SMILES string of the molecule is CCOc1nccc(-c2cc3cnc(NC(=O)c4cnn([C@H]5C[C@H](O)C5)c4)cc3[nH]2)n1. The van der Waals surface area contributed by atoms with Crippen LogP contribution in [0.3, 0.4) is 0 Å². The molecule has 0 saturated heterocycles. The van der Waals surface area contributed by atoms with Gasteiger partial charge in [0.2, 0.25) is 0 Å². The van der Waals surface area contributed by atoms with E-state index in [9.17, 15) is 9.90 Å². The lowest BCUT2D eigenvalue weighted by molar-refractivity contribution is 0.0434. The average molecular weight is 419 g/mol. The molecular weight excluding hydrogens is 398 g/mol. The maximum atomic E-state index is 12.6. The van der Waals surface area contributed by atoms with Gasteiger partial charge in [0.1, 0.15) is 5.82 Å². The Morgan fingerprint density at radius 1 is 1.32 bits per heavy atom. The number of rotatable bonds is 6. The van der Waals surface area contributed by atoms with Gasteiger partial charge < -0.3 is 20.1 Å². The third kappa shape index (κ3) is 3.84. The van der Waals surface area contributed by atoms with Gasteiger partial charge in [-0.3, -0.25) is 9.48 Å². The number of anilines is 1. The number of aliphatic hydroxyl groups excluding tert-OH is 1. The van der Waals surface area contributed by atoms with Crippen molar-refractivity contribution in [1.82, 2.24) is 29.7 Å². The number of aromatic amines is 1. The first-order valence-electron chi connectivity index (χ1n) is 10.1. The van der Waals surface area contributed by atoms with E-state index in [1.807, 2.05) is 13.0 Å². The summed E-state index contributed by atoms with van der Waals surface area (Å²) in [4.78, 5) is 28.7. The molecule has 0 bridgehead atoms. The number of carbonyl (C=O) groups excluding carboxylic acids is 1. The van der Waals surface area contributed by atoms with Crippen molar-refractivity contribution in [3.8, 4) is 17.4 Å². The Hall–Kier alpha value is -3.79. The number of aromatic nitrogens is 6. The molecule has 3 N–H and O–H groups in total. The van der Waals surface area contributed by atoms with Gasteiger partial charge in [-0.15, -0.1) is 0 Å².